The first-order valence-corrected chi connectivity index (χ1v) is 13.5. The molecule has 0 aromatic rings. The van der Waals surface area contributed by atoms with Crippen LogP contribution in [0.5, 0.6) is 0 Å². The summed E-state index contributed by atoms with van der Waals surface area (Å²) in [5.41, 5.74) is 0. The topological polar surface area (TPSA) is 26.3 Å². The lowest BCUT2D eigenvalue weighted by Crippen LogP contribution is -2.13. The molecular weight excluding hydrogens is 368 g/mol. The van der Waals surface area contributed by atoms with Crippen molar-refractivity contribution in [2.75, 3.05) is 6.61 Å². The number of esters is 1. The molecule has 0 bridgehead atoms. The molecule has 0 saturated heterocycles. The Bertz CT molecular complexity index is 375. The van der Waals surface area contributed by atoms with Crippen LogP contribution in [0.4, 0.5) is 0 Å². The average molecular weight is 423 g/mol. The minimum atomic E-state index is 0.0118. The van der Waals surface area contributed by atoms with Gasteiger partial charge < -0.3 is 4.74 Å². The summed E-state index contributed by atoms with van der Waals surface area (Å²) >= 11 is 0. The van der Waals surface area contributed by atoms with E-state index in [1.807, 2.05) is 0 Å². The van der Waals surface area contributed by atoms with E-state index in [0.717, 1.165) is 12.8 Å². The molecule has 2 heteroatoms. The van der Waals surface area contributed by atoms with Gasteiger partial charge in [0.1, 0.15) is 0 Å². The maximum absolute atomic E-state index is 11.9. The second-order valence-corrected chi connectivity index (χ2v) is 9.14. The Balaban J connectivity index is 3.32. The maximum atomic E-state index is 11.9. The summed E-state index contributed by atoms with van der Waals surface area (Å²) in [6, 6.07) is 0. The Morgan fingerprint density at radius 3 is 1.70 bits per heavy atom. The molecule has 178 valence electrons. The van der Waals surface area contributed by atoms with E-state index in [2.05, 4.69) is 32.9 Å². The summed E-state index contributed by atoms with van der Waals surface area (Å²) in [6.07, 6.45) is 29.8. The molecule has 0 radical (unpaired) electrons. The molecule has 0 N–H and O–H groups in total. The van der Waals surface area contributed by atoms with Crippen molar-refractivity contribution in [3.8, 4) is 0 Å². The van der Waals surface area contributed by atoms with Crippen molar-refractivity contribution >= 4 is 5.97 Å². The van der Waals surface area contributed by atoms with Crippen molar-refractivity contribution in [1.82, 2.24) is 0 Å². The quantitative estimate of drug-likeness (QED) is 0.0930. The number of carbonyl (C=O) groups is 1. The molecule has 1 unspecified atom stereocenters. The van der Waals surface area contributed by atoms with E-state index in [-0.39, 0.29) is 5.97 Å². The third kappa shape index (κ3) is 21.9. The van der Waals surface area contributed by atoms with Gasteiger partial charge in [-0.2, -0.15) is 0 Å². The van der Waals surface area contributed by atoms with Crippen molar-refractivity contribution < 1.29 is 9.53 Å². The molecule has 0 saturated carbocycles. The molecule has 0 heterocycles. The SMILES string of the molecule is CCCCCCCCC=CCCCCCCCCCC(=O)OCC(CC)CCCC. The van der Waals surface area contributed by atoms with Gasteiger partial charge in [-0.05, 0) is 44.4 Å². The zero-order valence-corrected chi connectivity index (χ0v) is 20.9. The van der Waals surface area contributed by atoms with Gasteiger partial charge in [-0.3, -0.25) is 4.79 Å². The van der Waals surface area contributed by atoms with Crippen LogP contribution in [-0.4, -0.2) is 12.6 Å². The van der Waals surface area contributed by atoms with Gasteiger partial charge in [-0.15, -0.1) is 0 Å². The summed E-state index contributed by atoms with van der Waals surface area (Å²) in [5, 5.41) is 0. The molecule has 30 heavy (non-hydrogen) atoms. The second-order valence-electron chi connectivity index (χ2n) is 9.14. The van der Waals surface area contributed by atoms with Crippen molar-refractivity contribution in [1.29, 1.82) is 0 Å². The third-order valence-electron chi connectivity index (χ3n) is 6.17. The molecule has 0 aliphatic heterocycles. The van der Waals surface area contributed by atoms with Gasteiger partial charge in [-0.1, -0.05) is 116 Å². The fourth-order valence-corrected chi connectivity index (χ4v) is 3.87. The Morgan fingerprint density at radius 2 is 1.17 bits per heavy atom. The Kier molecular flexibility index (Phi) is 23.8. The fraction of sp³-hybridized carbons (Fsp3) is 0.893. The van der Waals surface area contributed by atoms with E-state index in [1.54, 1.807) is 0 Å². The van der Waals surface area contributed by atoms with Crippen LogP contribution in [0.1, 0.15) is 149 Å². The van der Waals surface area contributed by atoms with Crippen LogP contribution in [0.2, 0.25) is 0 Å². The molecule has 0 aromatic heterocycles. The molecule has 0 aromatic carbocycles. The lowest BCUT2D eigenvalue weighted by Gasteiger charge is -2.14. The second kappa shape index (κ2) is 24.5. The fourth-order valence-electron chi connectivity index (χ4n) is 3.87. The smallest absolute Gasteiger partial charge is 0.305 e. The standard InChI is InChI=1S/C28H54O2/c1-4-7-9-10-11-12-13-14-15-16-17-18-19-20-21-22-23-25-28(29)30-26-27(6-3)24-8-5-2/h14-15,27H,4-13,16-26H2,1-3H3. The lowest BCUT2D eigenvalue weighted by atomic mass is 10.0. The van der Waals surface area contributed by atoms with E-state index in [9.17, 15) is 4.79 Å². The highest BCUT2D eigenvalue weighted by Gasteiger charge is 2.09. The van der Waals surface area contributed by atoms with Crippen molar-refractivity contribution in [3.63, 3.8) is 0 Å². The van der Waals surface area contributed by atoms with Gasteiger partial charge in [0.15, 0.2) is 0 Å². The van der Waals surface area contributed by atoms with Crippen molar-refractivity contribution in [2.24, 2.45) is 5.92 Å². The van der Waals surface area contributed by atoms with Crippen LogP contribution in [0.15, 0.2) is 12.2 Å². The summed E-state index contributed by atoms with van der Waals surface area (Å²) in [5.74, 6) is 0.567. The normalized spacial score (nSPS) is 12.5. The van der Waals surface area contributed by atoms with E-state index < -0.39 is 0 Å². The van der Waals surface area contributed by atoms with Crippen LogP contribution < -0.4 is 0 Å². The Morgan fingerprint density at radius 1 is 0.667 bits per heavy atom. The third-order valence-corrected chi connectivity index (χ3v) is 6.17. The number of ether oxygens (including phenoxy) is 1. The predicted octanol–water partition coefficient (Wildman–Crippen LogP) is 9.56. The first-order valence-electron chi connectivity index (χ1n) is 13.5. The summed E-state index contributed by atoms with van der Waals surface area (Å²) in [6.45, 7) is 7.32. The largest absolute Gasteiger partial charge is 0.465 e. The highest BCUT2D eigenvalue weighted by atomic mass is 16.5. The Labute approximate surface area is 189 Å². The minimum absolute atomic E-state index is 0.0118. The van der Waals surface area contributed by atoms with Crippen molar-refractivity contribution in [2.45, 2.75) is 149 Å². The molecule has 0 aliphatic carbocycles. The van der Waals surface area contributed by atoms with E-state index >= 15 is 0 Å². The minimum Gasteiger partial charge on any atom is -0.465 e. The van der Waals surface area contributed by atoms with Crippen LogP contribution in [0.3, 0.4) is 0 Å². The number of rotatable bonds is 23. The van der Waals surface area contributed by atoms with Gasteiger partial charge in [-0.25, -0.2) is 0 Å². The summed E-state index contributed by atoms with van der Waals surface area (Å²) < 4.78 is 5.48. The zero-order valence-electron chi connectivity index (χ0n) is 20.9. The number of allylic oxidation sites excluding steroid dienone is 2. The molecule has 0 amide bonds. The average Bonchev–Trinajstić information content (AvgIpc) is 2.76. The van der Waals surface area contributed by atoms with Crippen LogP contribution in [0.25, 0.3) is 0 Å². The van der Waals surface area contributed by atoms with Gasteiger partial charge in [0.25, 0.3) is 0 Å². The van der Waals surface area contributed by atoms with Gasteiger partial charge in [0.2, 0.25) is 0 Å². The van der Waals surface area contributed by atoms with Gasteiger partial charge in [0.05, 0.1) is 6.61 Å². The molecule has 1 atom stereocenters. The molecular formula is C28H54O2. The number of hydrogen-bond acceptors (Lipinski definition) is 2. The van der Waals surface area contributed by atoms with Crippen LogP contribution >= 0.6 is 0 Å². The predicted molar refractivity (Wildman–Crippen MR) is 133 cm³/mol. The first kappa shape index (κ1) is 29.2. The number of carbonyl (C=O) groups excluding carboxylic acids is 1. The van der Waals surface area contributed by atoms with E-state index in [4.69, 9.17) is 4.74 Å². The Hall–Kier alpha value is -0.790. The number of hydrogen-bond donors (Lipinski definition) is 0. The van der Waals surface area contributed by atoms with Crippen LogP contribution in [-0.2, 0) is 9.53 Å². The number of unbranched alkanes of at least 4 members (excludes halogenated alkanes) is 14. The lowest BCUT2D eigenvalue weighted by molar-refractivity contribution is -0.145. The summed E-state index contributed by atoms with van der Waals surface area (Å²) in [7, 11) is 0. The summed E-state index contributed by atoms with van der Waals surface area (Å²) in [4.78, 5) is 11.9. The van der Waals surface area contributed by atoms with Gasteiger partial charge in [0, 0.05) is 6.42 Å². The molecule has 0 spiro atoms. The molecule has 0 fully saturated rings. The highest BCUT2D eigenvalue weighted by molar-refractivity contribution is 5.69. The molecule has 0 aliphatic rings. The van der Waals surface area contributed by atoms with Gasteiger partial charge >= 0.3 is 5.97 Å². The van der Waals surface area contributed by atoms with Crippen LogP contribution in [0, 0.1) is 5.92 Å². The first-order chi connectivity index (χ1) is 14.7. The molecule has 0 rings (SSSR count). The highest BCUT2D eigenvalue weighted by Crippen LogP contribution is 2.14. The van der Waals surface area contributed by atoms with Crippen molar-refractivity contribution in [3.05, 3.63) is 12.2 Å². The van der Waals surface area contributed by atoms with E-state index in [1.165, 1.54) is 109 Å². The maximum Gasteiger partial charge on any atom is 0.305 e. The zero-order chi connectivity index (χ0) is 22.1. The monoisotopic (exact) mass is 422 g/mol. The molecule has 2 nitrogen and oxygen atoms in total. The van der Waals surface area contributed by atoms with E-state index in [0.29, 0.717) is 18.9 Å².